The Labute approximate surface area is 157 Å². The number of hydroxylamine groups is 1. The zero-order valence-corrected chi connectivity index (χ0v) is 14.8. The average molecular weight is 374 g/mol. The molecule has 0 aliphatic heterocycles. The summed E-state index contributed by atoms with van der Waals surface area (Å²) in [5.74, 6) is 1.17. The molecule has 0 saturated carbocycles. The molecule has 3 aromatic rings. The van der Waals surface area contributed by atoms with Crippen LogP contribution in [-0.4, -0.2) is 27.7 Å². The number of halogens is 1. The van der Waals surface area contributed by atoms with Crippen molar-refractivity contribution in [2.24, 2.45) is 0 Å². The van der Waals surface area contributed by atoms with E-state index in [1.165, 1.54) is 6.08 Å². The first-order valence-corrected chi connectivity index (χ1v) is 8.03. The summed E-state index contributed by atoms with van der Waals surface area (Å²) in [5.41, 5.74) is 4.43. The van der Waals surface area contributed by atoms with Crippen LogP contribution in [0.3, 0.4) is 0 Å². The maximum absolute atomic E-state index is 10.9. The number of fused-ring (bicyclic) bond motifs is 1. The fourth-order valence-electron chi connectivity index (χ4n) is 2.44. The summed E-state index contributed by atoms with van der Waals surface area (Å²) >= 11 is 0. The van der Waals surface area contributed by atoms with E-state index in [4.69, 9.17) is 9.94 Å². The molecule has 1 amide bonds. The van der Waals surface area contributed by atoms with Gasteiger partial charge in [0.2, 0.25) is 0 Å². The monoisotopic (exact) mass is 373 g/mol. The highest BCUT2D eigenvalue weighted by Gasteiger charge is 2.02. The first-order valence-electron chi connectivity index (χ1n) is 8.03. The van der Waals surface area contributed by atoms with Gasteiger partial charge < -0.3 is 9.72 Å². The number of nitrogens with one attached hydrogen (secondary N) is 2. The highest BCUT2D eigenvalue weighted by molar-refractivity contribution is 5.90. The zero-order valence-electron chi connectivity index (χ0n) is 14.0. The Morgan fingerprint density at radius 1 is 1.19 bits per heavy atom. The number of H-pyrrole nitrogens is 1. The SMILES string of the molecule is Cl.O=C(/C=C/c1ccc(OCCCc2nc3ccccc3[nH]2)cc1)NO. The van der Waals surface area contributed by atoms with E-state index in [1.54, 1.807) is 11.6 Å². The second kappa shape index (κ2) is 9.60. The molecule has 26 heavy (non-hydrogen) atoms. The standard InChI is InChI=1S/C19H19N3O3.ClH/c23-19(22-24)12-9-14-7-10-15(11-8-14)25-13-3-6-18-20-16-4-1-2-5-17(16)21-18;/h1-2,4-5,7-12,24H,3,6,13H2,(H,20,21)(H,22,23);1H/b12-9+;. The molecule has 0 aliphatic carbocycles. The molecule has 3 N–H and O–H groups in total. The number of hydrogen-bond acceptors (Lipinski definition) is 4. The number of carbonyl (C=O) groups is 1. The van der Waals surface area contributed by atoms with Gasteiger partial charge in [0.15, 0.2) is 0 Å². The Balaban J connectivity index is 0.00000243. The smallest absolute Gasteiger partial charge is 0.267 e. The van der Waals surface area contributed by atoms with Gasteiger partial charge in [-0.2, -0.15) is 0 Å². The second-order valence-electron chi connectivity index (χ2n) is 5.53. The number of imidazole rings is 1. The summed E-state index contributed by atoms with van der Waals surface area (Å²) in [6.45, 7) is 0.596. The molecule has 0 radical (unpaired) electrons. The van der Waals surface area contributed by atoms with Crippen LogP contribution in [-0.2, 0) is 11.2 Å². The minimum absolute atomic E-state index is 0. The van der Waals surface area contributed by atoms with Gasteiger partial charge in [0, 0.05) is 12.5 Å². The van der Waals surface area contributed by atoms with Gasteiger partial charge in [-0.25, -0.2) is 10.5 Å². The molecule has 0 spiro atoms. The lowest BCUT2D eigenvalue weighted by Crippen LogP contribution is -2.14. The van der Waals surface area contributed by atoms with Gasteiger partial charge in [-0.05, 0) is 42.3 Å². The Hall–Kier alpha value is -2.83. The van der Waals surface area contributed by atoms with E-state index in [-0.39, 0.29) is 12.4 Å². The predicted octanol–water partition coefficient (Wildman–Crippen LogP) is 3.51. The number of para-hydroxylation sites is 2. The number of hydrogen-bond donors (Lipinski definition) is 3. The molecule has 2 aromatic carbocycles. The molecule has 3 rings (SSSR count). The van der Waals surface area contributed by atoms with Crippen LogP contribution >= 0.6 is 12.4 Å². The van der Waals surface area contributed by atoms with Gasteiger partial charge in [0.25, 0.3) is 5.91 Å². The van der Waals surface area contributed by atoms with E-state index < -0.39 is 5.91 Å². The highest BCUT2D eigenvalue weighted by Crippen LogP contribution is 2.15. The summed E-state index contributed by atoms with van der Waals surface area (Å²) in [7, 11) is 0. The van der Waals surface area contributed by atoms with Crippen molar-refractivity contribution in [2.75, 3.05) is 6.61 Å². The lowest BCUT2D eigenvalue weighted by Gasteiger charge is -2.05. The number of ether oxygens (including phenoxy) is 1. The molecule has 136 valence electrons. The Morgan fingerprint density at radius 2 is 1.96 bits per heavy atom. The highest BCUT2D eigenvalue weighted by atomic mass is 35.5. The minimum Gasteiger partial charge on any atom is -0.494 e. The number of rotatable bonds is 7. The van der Waals surface area contributed by atoms with Crippen LogP contribution in [0.2, 0.25) is 0 Å². The first kappa shape index (κ1) is 19.5. The molecule has 0 bridgehead atoms. The molecule has 0 aliphatic rings. The fourth-order valence-corrected chi connectivity index (χ4v) is 2.44. The summed E-state index contributed by atoms with van der Waals surface area (Å²) < 4.78 is 5.72. The van der Waals surface area contributed by atoms with Crippen LogP contribution in [0.15, 0.2) is 54.6 Å². The lowest BCUT2D eigenvalue weighted by molar-refractivity contribution is -0.124. The van der Waals surface area contributed by atoms with Crippen molar-refractivity contribution in [3.05, 3.63) is 66.0 Å². The molecule has 6 nitrogen and oxygen atoms in total. The number of aryl methyl sites for hydroxylation is 1. The molecule has 0 unspecified atom stereocenters. The van der Waals surface area contributed by atoms with Gasteiger partial charge in [0.1, 0.15) is 11.6 Å². The number of amides is 1. The third-order valence-electron chi connectivity index (χ3n) is 3.68. The Kier molecular flexibility index (Phi) is 7.20. The Bertz CT molecular complexity index is 842. The number of aromatic amines is 1. The van der Waals surface area contributed by atoms with Crippen molar-refractivity contribution in [1.29, 1.82) is 0 Å². The Morgan fingerprint density at radius 3 is 2.69 bits per heavy atom. The molecular formula is C19H20ClN3O3. The quantitative estimate of drug-likeness (QED) is 0.256. The van der Waals surface area contributed by atoms with Crippen LogP contribution in [0.4, 0.5) is 0 Å². The normalized spacial score (nSPS) is 10.7. The van der Waals surface area contributed by atoms with Crippen LogP contribution in [0.5, 0.6) is 5.75 Å². The second-order valence-corrected chi connectivity index (χ2v) is 5.53. The molecule has 1 heterocycles. The number of aromatic nitrogens is 2. The van der Waals surface area contributed by atoms with Gasteiger partial charge in [-0.15, -0.1) is 12.4 Å². The van der Waals surface area contributed by atoms with Gasteiger partial charge in [0.05, 0.1) is 17.6 Å². The van der Waals surface area contributed by atoms with E-state index in [2.05, 4.69) is 9.97 Å². The van der Waals surface area contributed by atoms with Crippen LogP contribution in [0, 0.1) is 0 Å². The fraction of sp³-hybridized carbons (Fsp3) is 0.158. The van der Waals surface area contributed by atoms with E-state index in [0.29, 0.717) is 6.61 Å². The maximum atomic E-state index is 10.9. The van der Waals surface area contributed by atoms with Crippen LogP contribution in [0.1, 0.15) is 17.8 Å². The van der Waals surface area contributed by atoms with Crippen LogP contribution < -0.4 is 10.2 Å². The molecule has 7 heteroatoms. The van der Waals surface area contributed by atoms with Gasteiger partial charge in [-0.1, -0.05) is 24.3 Å². The van der Waals surface area contributed by atoms with Crippen molar-refractivity contribution in [1.82, 2.24) is 15.4 Å². The van der Waals surface area contributed by atoms with E-state index >= 15 is 0 Å². The third kappa shape index (κ3) is 5.34. The predicted molar refractivity (Wildman–Crippen MR) is 103 cm³/mol. The van der Waals surface area contributed by atoms with E-state index in [0.717, 1.165) is 41.0 Å². The summed E-state index contributed by atoms with van der Waals surface area (Å²) in [4.78, 5) is 18.8. The minimum atomic E-state index is -0.564. The zero-order chi connectivity index (χ0) is 17.5. The average Bonchev–Trinajstić information content (AvgIpc) is 3.07. The molecular weight excluding hydrogens is 354 g/mol. The summed E-state index contributed by atoms with van der Waals surface area (Å²) in [6.07, 6.45) is 4.55. The molecule has 1 aromatic heterocycles. The van der Waals surface area contributed by atoms with E-state index in [9.17, 15) is 4.79 Å². The number of benzene rings is 2. The van der Waals surface area contributed by atoms with Crippen molar-refractivity contribution in [3.8, 4) is 5.75 Å². The molecule has 0 fully saturated rings. The van der Waals surface area contributed by atoms with E-state index in [1.807, 2.05) is 48.5 Å². The van der Waals surface area contributed by atoms with Crippen LogP contribution in [0.25, 0.3) is 17.1 Å². The van der Waals surface area contributed by atoms with Crippen molar-refractivity contribution < 1.29 is 14.7 Å². The number of nitrogens with zero attached hydrogens (tertiary/aromatic N) is 1. The lowest BCUT2D eigenvalue weighted by atomic mass is 10.2. The number of carbonyl (C=O) groups excluding carboxylic acids is 1. The van der Waals surface area contributed by atoms with Gasteiger partial charge >= 0.3 is 0 Å². The molecule has 0 saturated heterocycles. The molecule has 0 atom stereocenters. The largest absolute Gasteiger partial charge is 0.494 e. The van der Waals surface area contributed by atoms with Crippen molar-refractivity contribution in [2.45, 2.75) is 12.8 Å². The van der Waals surface area contributed by atoms with Crippen molar-refractivity contribution in [3.63, 3.8) is 0 Å². The maximum Gasteiger partial charge on any atom is 0.267 e. The summed E-state index contributed by atoms with van der Waals surface area (Å²) in [5, 5.41) is 8.42. The summed E-state index contributed by atoms with van der Waals surface area (Å²) in [6, 6.07) is 15.4. The topological polar surface area (TPSA) is 87.2 Å². The third-order valence-corrected chi connectivity index (χ3v) is 3.68. The first-order chi connectivity index (χ1) is 12.2. The van der Waals surface area contributed by atoms with Gasteiger partial charge in [-0.3, -0.25) is 10.0 Å². The van der Waals surface area contributed by atoms with Crippen molar-refractivity contribution >= 4 is 35.4 Å².